The summed E-state index contributed by atoms with van der Waals surface area (Å²) in [5, 5.41) is 3.27. The molecule has 0 saturated carbocycles. The molecule has 1 aromatic carbocycles. The number of aryl methyl sites for hydroxylation is 2. The van der Waals surface area contributed by atoms with Gasteiger partial charge in [0.25, 0.3) is 0 Å². The van der Waals surface area contributed by atoms with Gasteiger partial charge >= 0.3 is 0 Å². The predicted molar refractivity (Wildman–Crippen MR) is 82.8 cm³/mol. The highest BCUT2D eigenvalue weighted by atomic mass is 32.1. The summed E-state index contributed by atoms with van der Waals surface area (Å²) < 4.78 is 6.78. The number of furan rings is 1. The Bertz CT molecular complexity index is 793. The van der Waals surface area contributed by atoms with Gasteiger partial charge < -0.3 is 4.42 Å². The molecule has 0 radical (unpaired) electrons. The maximum absolute atomic E-state index is 12.6. The normalized spacial score (nSPS) is 11.2. The van der Waals surface area contributed by atoms with Gasteiger partial charge in [-0.15, -0.1) is 11.3 Å². The fourth-order valence-corrected chi connectivity index (χ4v) is 3.60. The maximum atomic E-state index is 12.6. The van der Waals surface area contributed by atoms with Crippen molar-refractivity contribution in [3.05, 3.63) is 57.9 Å². The molecule has 3 rings (SSSR count). The minimum Gasteiger partial charge on any atom is -0.466 e. The van der Waals surface area contributed by atoms with E-state index in [-0.39, 0.29) is 5.78 Å². The summed E-state index contributed by atoms with van der Waals surface area (Å²) in [6, 6.07) is 8.21. The Morgan fingerprint density at radius 3 is 2.60 bits per heavy atom. The van der Waals surface area contributed by atoms with Gasteiger partial charge in [-0.2, -0.15) is 0 Å². The third-order valence-corrected chi connectivity index (χ3v) is 4.76. The Balaban J connectivity index is 1.97. The van der Waals surface area contributed by atoms with Crippen molar-refractivity contribution in [1.29, 1.82) is 0 Å². The summed E-state index contributed by atoms with van der Waals surface area (Å²) in [4.78, 5) is 12.6. The monoisotopic (exact) mass is 284 g/mol. The number of hydrogen-bond donors (Lipinski definition) is 0. The minimum atomic E-state index is 0.139. The highest BCUT2D eigenvalue weighted by molar-refractivity contribution is 7.17. The molecule has 0 bridgehead atoms. The predicted octanol–water partition coefficient (Wildman–Crippen LogP) is 4.84. The molecule has 2 nitrogen and oxygen atoms in total. The van der Waals surface area contributed by atoms with Gasteiger partial charge in [0.15, 0.2) is 5.78 Å². The first kappa shape index (κ1) is 13.1. The molecule has 0 atom stereocenters. The molecule has 0 aliphatic carbocycles. The summed E-state index contributed by atoms with van der Waals surface area (Å²) in [7, 11) is 0. The number of benzene rings is 1. The van der Waals surface area contributed by atoms with Crippen LogP contribution in [-0.4, -0.2) is 5.78 Å². The van der Waals surface area contributed by atoms with Crippen molar-refractivity contribution < 1.29 is 9.21 Å². The summed E-state index contributed by atoms with van der Waals surface area (Å²) in [6.45, 7) is 5.71. The molecule has 0 unspecified atom stereocenters. The standard InChI is InChI=1S/C17H16O2S/c1-10-11(2)19-12(3)17(10)15(18)8-13-9-20-16-7-5-4-6-14(13)16/h4-7,9H,8H2,1-3H3. The van der Waals surface area contributed by atoms with E-state index in [0.717, 1.165) is 28.2 Å². The highest BCUT2D eigenvalue weighted by Gasteiger charge is 2.19. The van der Waals surface area contributed by atoms with Crippen LogP contribution < -0.4 is 0 Å². The van der Waals surface area contributed by atoms with Crippen molar-refractivity contribution in [2.24, 2.45) is 0 Å². The van der Waals surface area contributed by atoms with Crippen molar-refractivity contribution in [1.82, 2.24) is 0 Å². The maximum Gasteiger partial charge on any atom is 0.171 e. The van der Waals surface area contributed by atoms with E-state index in [1.165, 1.54) is 10.1 Å². The molecule has 0 aliphatic rings. The highest BCUT2D eigenvalue weighted by Crippen LogP contribution is 2.28. The molecule has 2 heterocycles. The number of carbonyl (C=O) groups is 1. The zero-order chi connectivity index (χ0) is 14.3. The zero-order valence-electron chi connectivity index (χ0n) is 11.8. The first-order valence-electron chi connectivity index (χ1n) is 6.63. The molecule has 3 heteroatoms. The van der Waals surface area contributed by atoms with Crippen molar-refractivity contribution >= 4 is 27.2 Å². The average molecular weight is 284 g/mol. The molecule has 0 fully saturated rings. The van der Waals surface area contributed by atoms with E-state index in [1.807, 2.05) is 32.9 Å². The van der Waals surface area contributed by atoms with Crippen LogP contribution in [0.25, 0.3) is 10.1 Å². The zero-order valence-corrected chi connectivity index (χ0v) is 12.6. The van der Waals surface area contributed by atoms with Gasteiger partial charge in [-0.25, -0.2) is 0 Å². The van der Waals surface area contributed by atoms with E-state index in [2.05, 4.69) is 17.5 Å². The van der Waals surface area contributed by atoms with Crippen molar-refractivity contribution in [2.75, 3.05) is 0 Å². The second-order valence-corrected chi connectivity index (χ2v) is 5.98. The summed E-state index contributed by atoms with van der Waals surface area (Å²) in [5.74, 6) is 1.70. The third-order valence-electron chi connectivity index (χ3n) is 3.75. The van der Waals surface area contributed by atoms with Gasteiger partial charge in [0, 0.05) is 16.7 Å². The Morgan fingerprint density at radius 1 is 1.15 bits per heavy atom. The number of ketones is 1. The summed E-state index contributed by atoms with van der Waals surface area (Å²) in [6.07, 6.45) is 0.435. The Morgan fingerprint density at radius 2 is 1.90 bits per heavy atom. The van der Waals surface area contributed by atoms with E-state index in [0.29, 0.717) is 6.42 Å². The number of hydrogen-bond acceptors (Lipinski definition) is 3. The SMILES string of the molecule is Cc1oc(C)c(C(=O)Cc2csc3ccccc23)c1C. The third kappa shape index (κ3) is 2.08. The number of fused-ring (bicyclic) bond motifs is 1. The van der Waals surface area contributed by atoms with Crippen LogP contribution in [0.3, 0.4) is 0 Å². The van der Waals surface area contributed by atoms with Gasteiger partial charge in [-0.05, 0) is 43.2 Å². The number of rotatable bonds is 3. The van der Waals surface area contributed by atoms with E-state index >= 15 is 0 Å². The van der Waals surface area contributed by atoms with Crippen LogP contribution >= 0.6 is 11.3 Å². The first-order chi connectivity index (χ1) is 9.58. The lowest BCUT2D eigenvalue weighted by atomic mass is 9.99. The van der Waals surface area contributed by atoms with Crippen LogP contribution in [0.1, 0.15) is 33.0 Å². The molecular weight excluding hydrogens is 268 g/mol. The topological polar surface area (TPSA) is 30.2 Å². The second kappa shape index (κ2) is 4.91. The Hall–Kier alpha value is -1.87. The van der Waals surface area contributed by atoms with Crippen LogP contribution in [0, 0.1) is 20.8 Å². The second-order valence-electron chi connectivity index (χ2n) is 5.07. The summed E-state index contributed by atoms with van der Waals surface area (Å²) >= 11 is 1.69. The van der Waals surface area contributed by atoms with Crippen molar-refractivity contribution in [2.45, 2.75) is 27.2 Å². The van der Waals surface area contributed by atoms with E-state index in [4.69, 9.17) is 4.42 Å². The molecule has 20 heavy (non-hydrogen) atoms. The van der Waals surface area contributed by atoms with Gasteiger partial charge in [0.2, 0.25) is 0 Å². The van der Waals surface area contributed by atoms with Gasteiger partial charge in [0.05, 0.1) is 5.56 Å². The minimum absolute atomic E-state index is 0.139. The lowest BCUT2D eigenvalue weighted by Crippen LogP contribution is -2.05. The van der Waals surface area contributed by atoms with Crippen molar-refractivity contribution in [3.8, 4) is 0 Å². The Kier molecular flexibility index (Phi) is 3.22. The number of thiophene rings is 1. The molecule has 0 aliphatic heterocycles. The molecule has 102 valence electrons. The van der Waals surface area contributed by atoms with Crippen LogP contribution in [0.5, 0.6) is 0 Å². The molecule has 0 spiro atoms. The quantitative estimate of drug-likeness (QED) is 0.644. The average Bonchev–Trinajstić information content (AvgIpc) is 2.92. The van der Waals surface area contributed by atoms with Crippen LogP contribution in [0.4, 0.5) is 0 Å². The van der Waals surface area contributed by atoms with Gasteiger partial charge in [-0.3, -0.25) is 4.79 Å². The largest absolute Gasteiger partial charge is 0.466 e. The number of carbonyl (C=O) groups excluding carboxylic acids is 1. The molecule has 3 aromatic rings. The lowest BCUT2D eigenvalue weighted by molar-refractivity contribution is 0.0991. The molecule has 2 aromatic heterocycles. The van der Waals surface area contributed by atoms with Crippen LogP contribution in [0.15, 0.2) is 34.1 Å². The van der Waals surface area contributed by atoms with E-state index in [9.17, 15) is 4.79 Å². The molecular formula is C17H16O2S. The first-order valence-corrected chi connectivity index (χ1v) is 7.50. The molecule has 0 N–H and O–H groups in total. The molecule has 0 saturated heterocycles. The lowest BCUT2D eigenvalue weighted by Gasteiger charge is -2.01. The van der Waals surface area contributed by atoms with E-state index < -0.39 is 0 Å². The van der Waals surface area contributed by atoms with Crippen LogP contribution in [0.2, 0.25) is 0 Å². The van der Waals surface area contributed by atoms with Gasteiger partial charge in [-0.1, -0.05) is 18.2 Å². The van der Waals surface area contributed by atoms with Gasteiger partial charge in [0.1, 0.15) is 11.5 Å². The molecule has 0 amide bonds. The fraction of sp³-hybridized carbons (Fsp3) is 0.235. The van der Waals surface area contributed by atoms with Crippen molar-refractivity contribution in [3.63, 3.8) is 0 Å². The Labute approximate surface area is 122 Å². The number of Topliss-reactive ketones (excluding diaryl/α,β-unsaturated/α-hetero) is 1. The fourth-order valence-electron chi connectivity index (χ4n) is 2.63. The van der Waals surface area contributed by atoms with E-state index in [1.54, 1.807) is 11.3 Å². The smallest absolute Gasteiger partial charge is 0.171 e. The summed E-state index contributed by atoms with van der Waals surface area (Å²) in [5.41, 5.74) is 2.82. The van der Waals surface area contributed by atoms with Crippen LogP contribution in [-0.2, 0) is 6.42 Å².